The number of rotatable bonds is 2. The van der Waals surface area contributed by atoms with E-state index in [-0.39, 0.29) is 0 Å². The summed E-state index contributed by atoms with van der Waals surface area (Å²) >= 11 is 4.89. The Hall–Kier alpha value is -0.840. The average molecular weight is 154 g/mol. The number of ether oxygens (including phenoxy) is 1. The van der Waals surface area contributed by atoms with Crippen LogP contribution in [0.3, 0.4) is 0 Å². The number of nitro groups is 1. The normalized spacial score (nSPS) is 12.2. The van der Waals surface area contributed by atoms with Crippen molar-refractivity contribution in [2.75, 3.05) is 7.11 Å². The summed E-state index contributed by atoms with van der Waals surface area (Å²) < 4.78 is 3.96. The SMILES string of the molecule is COC(=O)C(Cl)[N+](=O)[O-]. The predicted molar refractivity (Wildman–Crippen MR) is 28.7 cm³/mol. The maximum Gasteiger partial charge on any atom is 0.398 e. The topological polar surface area (TPSA) is 69.4 Å². The molecule has 0 amide bonds. The number of alkyl halides is 1. The van der Waals surface area contributed by atoms with Crippen LogP contribution in [0.2, 0.25) is 0 Å². The molecule has 9 heavy (non-hydrogen) atoms. The van der Waals surface area contributed by atoms with E-state index in [0.717, 1.165) is 7.11 Å². The van der Waals surface area contributed by atoms with Crippen LogP contribution in [-0.4, -0.2) is 23.5 Å². The molecule has 0 aromatic rings. The fourth-order valence-electron chi connectivity index (χ4n) is 0.183. The molecule has 0 spiro atoms. The Bertz CT molecular complexity index is 136. The van der Waals surface area contributed by atoms with Crippen molar-refractivity contribution in [1.29, 1.82) is 0 Å². The van der Waals surface area contributed by atoms with E-state index >= 15 is 0 Å². The van der Waals surface area contributed by atoms with Crippen molar-refractivity contribution in [3.8, 4) is 0 Å². The third kappa shape index (κ3) is 2.27. The summed E-state index contributed by atoms with van der Waals surface area (Å²) in [7, 11) is 1.03. The van der Waals surface area contributed by atoms with E-state index in [1.807, 2.05) is 0 Å². The van der Waals surface area contributed by atoms with Gasteiger partial charge in [-0.15, -0.1) is 0 Å². The van der Waals surface area contributed by atoms with E-state index in [9.17, 15) is 14.9 Å². The van der Waals surface area contributed by atoms with Gasteiger partial charge in [0, 0.05) is 0 Å². The first kappa shape index (κ1) is 8.16. The Balaban J connectivity index is 3.88. The lowest BCUT2D eigenvalue weighted by atomic mass is 10.7. The van der Waals surface area contributed by atoms with E-state index in [1.54, 1.807) is 0 Å². The van der Waals surface area contributed by atoms with Crippen molar-refractivity contribution in [2.24, 2.45) is 0 Å². The number of hydrogen-bond acceptors (Lipinski definition) is 4. The second-order valence-corrected chi connectivity index (χ2v) is 1.56. The Kier molecular flexibility index (Phi) is 2.94. The number of hydrogen-bond donors (Lipinski definition) is 0. The van der Waals surface area contributed by atoms with Gasteiger partial charge in [0.25, 0.3) is 0 Å². The second-order valence-electron chi connectivity index (χ2n) is 1.14. The van der Waals surface area contributed by atoms with Crippen molar-refractivity contribution in [3.05, 3.63) is 10.1 Å². The summed E-state index contributed by atoms with van der Waals surface area (Å²) in [6.07, 6.45) is 0. The number of carbonyl (C=O) groups excluding carboxylic acids is 1. The van der Waals surface area contributed by atoms with Gasteiger partial charge in [0.05, 0.1) is 12.0 Å². The first-order chi connectivity index (χ1) is 4.09. The van der Waals surface area contributed by atoms with Crippen molar-refractivity contribution in [2.45, 2.75) is 5.50 Å². The smallest absolute Gasteiger partial charge is 0.398 e. The van der Waals surface area contributed by atoms with E-state index in [0.29, 0.717) is 0 Å². The Morgan fingerprint density at radius 3 is 2.44 bits per heavy atom. The number of nitrogens with zero attached hydrogens (tertiary/aromatic N) is 1. The van der Waals surface area contributed by atoms with Crippen LogP contribution in [0.4, 0.5) is 0 Å². The zero-order valence-corrected chi connectivity index (χ0v) is 5.29. The fraction of sp³-hybridized carbons (Fsp3) is 0.667. The van der Waals surface area contributed by atoms with Crippen LogP contribution in [0.25, 0.3) is 0 Å². The second kappa shape index (κ2) is 3.24. The molecule has 0 aromatic carbocycles. The number of esters is 1. The molecule has 0 saturated heterocycles. The van der Waals surface area contributed by atoms with Crippen LogP contribution >= 0.6 is 11.6 Å². The molecule has 6 heteroatoms. The van der Waals surface area contributed by atoms with Gasteiger partial charge >= 0.3 is 11.5 Å². The average Bonchev–Trinajstić information content (AvgIpc) is 1.84. The summed E-state index contributed by atoms with van der Waals surface area (Å²) in [4.78, 5) is 18.9. The number of methoxy groups -OCH3 is 1. The van der Waals surface area contributed by atoms with Crippen molar-refractivity contribution in [3.63, 3.8) is 0 Å². The molecule has 0 aliphatic heterocycles. The first-order valence-corrected chi connectivity index (χ1v) is 2.38. The molecule has 0 fully saturated rings. The summed E-state index contributed by atoms with van der Waals surface area (Å²) in [5.74, 6) is -1.05. The largest absolute Gasteiger partial charge is 0.463 e. The van der Waals surface area contributed by atoms with E-state index in [2.05, 4.69) is 4.74 Å². The van der Waals surface area contributed by atoms with Gasteiger partial charge in [0.15, 0.2) is 0 Å². The minimum absolute atomic E-state index is 0.937. The van der Waals surface area contributed by atoms with Gasteiger partial charge in [-0.05, 0) is 11.6 Å². The lowest BCUT2D eigenvalue weighted by Gasteiger charge is -1.96. The number of carbonyl (C=O) groups is 1. The molecule has 1 unspecified atom stereocenters. The molecule has 0 N–H and O–H groups in total. The van der Waals surface area contributed by atoms with E-state index < -0.39 is 16.4 Å². The third-order valence-corrected chi connectivity index (χ3v) is 0.918. The first-order valence-electron chi connectivity index (χ1n) is 1.95. The van der Waals surface area contributed by atoms with Crippen molar-refractivity contribution >= 4 is 17.6 Å². The van der Waals surface area contributed by atoms with Crippen LogP contribution in [-0.2, 0) is 9.53 Å². The van der Waals surface area contributed by atoms with Gasteiger partial charge in [-0.3, -0.25) is 10.1 Å². The minimum atomic E-state index is -1.78. The molecular weight excluding hydrogens is 149 g/mol. The highest BCUT2D eigenvalue weighted by molar-refractivity contribution is 6.28. The van der Waals surface area contributed by atoms with Crippen LogP contribution in [0.1, 0.15) is 0 Å². The molecule has 1 atom stereocenters. The van der Waals surface area contributed by atoms with Gasteiger partial charge < -0.3 is 4.74 Å². The monoisotopic (exact) mass is 153 g/mol. The summed E-state index contributed by atoms with van der Waals surface area (Å²) in [5.41, 5.74) is -1.78. The van der Waals surface area contributed by atoms with Crippen molar-refractivity contribution in [1.82, 2.24) is 0 Å². The molecule has 0 aliphatic carbocycles. The molecular formula is C3H4ClNO4. The molecule has 0 aliphatic rings. The molecule has 0 aromatic heterocycles. The van der Waals surface area contributed by atoms with Gasteiger partial charge in [0.1, 0.15) is 0 Å². The summed E-state index contributed by atoms with van der Waals surface area (Å²) in [6, 6.07) is 0. The minimum Gasteiger partial charge on any atom is -0.463 e. The van der Waals surface area contributed by atoms with Crippen LogP contribution < -0.4 is 0 Å². The van der Waals surface area contributed by atoms with Gasteiger partial charge in [-0.2, -0.15) is 0 Å². The molecule has 52 valence electrons. The summed E-state index contributed by atoms with van der Waals surface area (Å²) in [6.45, 7) is 0. The van der Waals surface area contributed by atoms with Crippen molar-refractivity contribution < 1.29 is 14.5 Å². The highest BCUT2D eigenvalue weighted by Gasteiger charge is 2.26. The maximum atomic E-state index is 10.2. The molecule has 0 radical (unpaired) electrons. The predicted octanol–water partition coefficient (Wildman–Crippen LogP) is 0.001000. The highest BCUT2D eigenvalue weighted by atomic mass is 35.5. The quantitative estimate of drug-likeness (QED) is 0.184. The van der Waals surface area contributed by atoms with Gasteiger partial charge in [-0.25, -0.2) is 4.79 Å². The zero-order valence-electron chi connectivity index (χ0n) is 4.54. The number of halogens is 1. The lowest BCUT2D eigenvalue weighted by Crippen LogP contribution is -2.24. The molecule has 0 heterocycles. The third-order valence-electron chi connectivity index (χ3n) is 0.581. The molecule has 0 bridgehead atoms. The van der Waals surface area contributed by atoms with Crippen LogP contribution in [0.5, 0.6) is 0 Å². The van der Waals surface area contributed by atoms with Gasteiger partial charge in [0.2, 0.25) is 0 Å². The fourth-order valence-corrected chi connectivity index (χ4v) is 0.272. The standard InChI is InChI=1S/C3H4ClNO4/c1-9-3(6)2(4)5(7)8/h2H,1H3. The Morgan fingerprint density at radius 2 is 2.33 bits per heavy atom. The van der Waals surface area contributed by atoms with Crippen LogP contribution in [0, 0.1) is 10.1 Å². The highest BCUT2D eigenvalue weighted by Crippen LogP contribution is 1.97. The molecule has 0 rings (SSSR count). The van der Waals surface area contributed by atoms with E-state index in [1.165, 1.54) is 0 Å². The Morgan fingerprint density at radius 1 is 1.89 bits per heavy atom. The maximum absolute atomic E-state index is 10.2. The molecule has 5 nitrogen and oxygen atoms in total. The zero-order chi connectivity index (χ0) is 7.44. The summed E-state index contributed by atoms with van der Waals surface area (Å²) in [5, 5.41) is 9.67. The van der Waals surface area contributed by atoms with E-state index in [4.69, 9.17) is 11.6 Å². The molecule has 0 saturated carbocycles. The van der Waals surface area contributed by atoms with Crippen LogP contribution in [0.15, 0.2) is 0 Å². The Labute approximate surface area is 55.7 Å². The lowest BCUT2D eigenvalue weighted by molar-refractivity contribution is -0.487. The van der Waals surface area contributed by atoms with Gasteiger partial charge in [-0.1, -0.05) is 0 Å².